The number of hydrogen-bond donors (Lipinski definition) is 2. The molecule has 0 fully saturated rings. The molecule has 0 spiro atoms. The van der Waals surface area contributed by atoms with Crippen LogP contribution in [0.2, 0.25) is 0 Å². The Morgan fingerprint density at radius 2 is 2.00 bits per heavy atom. The van der Waals surface area contributed by atoms with E-state index >= 15 is 0 Å². The molecule has 0 radical (unpaired) electrons. The zero-order valence-corrected chi connectivity index (χ0v) is 12.4. The number of nitrogens with zero attached hydrogens (tertiary/aromatic N) is 2. The Kier molecular flexibility index (Phi) is 5.69. The molecule has 1 unspecified atom stereocenters. The van der Waals surface area contributed by atoms with Crippen molar-refractivity contribution in [2.24, 2.45) is 14.1 Å². The van der Waals surface area contributed by atoms with Gasteiger partial charge in [0.05, 0.1) is 6.04 Å². The lowest BCUT2D eigenvalue weighted by Crippen LogP contribution is -2.44. The first-order valence-corrected chi connectivity index (χ1v) is 6.65. The molecule has 0 saturated heterocycles. The van der Waals surface area contributed by atoms with Gasteiger partial charge in [-0.2, -0.15) is 0 Å². The third kappa shape index (κ3) is 3.80. The molecule has 1 amide bonds. The second-order valence-corrected chi connectivity index (χ2v) is 4.81. The van der Waals surface area contributed by atoms with Crippen LogP contribution in [0.5, 0.6) is 0 Å². The Morgan fingerprint density at radius 3 is 2.60 bits per heavy atom. The van der Waals surface area contributed by atoms with E-state index in [2.05, 4.69) is 10.6 Å². The highest BCUT2D eigenvalue weighted by Gasteiger charge is 2.13. The van der Waals surface area contributed by atoms with Gasteiger partial charge >= 0.3 is 5.69 Å². The zero-order valence-electron chi connectivity index (χ0n) is 12.4. The number of aryl methyl sites for hydroxylation is 1. The topological polar surface area (TPSA) is 85.1 Å². The summed E-state index contributed by atoms with van der Waals surface area (Å²) in [5.41, 5.74) is -0.265. The minimum Gasteiger partial charge on any atom is -0.355 e. The normalized spacial score (nSPS) is 12.2. The first-order chi connectivity index (χ1) is 9.38. The highest BCUT2D eigenvalue weighted by Crippen LogP contribution is 1.90. The van der Waals surface area contributed by atoms with E-state index in [1.807, 2.05) is 6.92 Å². The van der Waals surface area contributed by atoms with Crippen molar-refractivity contribution >= 4 is 5.91 Å². The van der Waals surface area contributed by atoms with Gasteiger partial charge in [0.25, 0.3) is 5.56 Å². The molecule has 2 N–H and O–H groups in total. The van der Waals surface area contributed by atoms with E-state index in [-0.39, 0.29) is 23.7 Å². The molecular weight excluding hydrogens is 260 g/mol. The summed E-state index contributed by atoms with van der Waals surface area (Å²) in [6.45, 7) is 4.58. The van der Waals surface area contributed by atoms with Gasteiger partial charge in [0.15, 0.2) is 0 Å². The molecule has 7 nitrogen and oxygen atoms in total. The lowest BCUT2D eigenvalue weighted by molar-refractivity contribution is -0.122. The monoisotopic (exact) mass is 282 g/mol. The maximum absolute atomic E-state index is 11.9. The van der Waals surface area contributed by atoms with E-state index in [9.17, 15) is 14.4 Å². The third-order valence-corrected chi connectivity index (χ3v) is 3.06. The molecule has 1 atom stereocenters. The van der Waals surface area contributed by atoms with Gasteiger partial charge in [-0.05, 0) is 13.3 Å². The van der Waals surface area contributed by atoms with Gasteiger partial charge in [0, 0.05) is 38.9 Å². The Labute approximate surface area is 117 Å². The quantitative estimate of drug-likeness (QED) is 0.707. The predicted molar refractivity (Wildman–Crippen MR) is 76.5 cm³/mol. The third-order valence-electron chi connectivity index (χ3n) is 3.06. The summed E-state index contributed by atoms with van der Waals surface area (Å²) in [6, 6.07) is -0.400. The van der Waals surface area contributed by atoms with E-state index in [0.717, 1.165) is 11.0 Å². The first kappa shape index (κ1) is 16.2. The molecule has 0 aliphatic rings. The van der Waals surface area contributed by atoms with Gasteiger partial charge in [-0.3, -0.25) is 14.2 Å². The van der Waals surface area contributed by atoms with Crippen molar-refractivity contribution in [1.29, 1.82) is 0 Å². The minimum absolute atomic E-state index is 0.103. The molecule has 7 heteroatoms. The number of carbonyl (C=O) groups is 1. The largest absolute Gasteiger partial charge is 0.355 e. The Morgan fingerprint density at radius 1 is 1.35 bits per heavy atom. The standard InChI is InChI=1S/C13H22N4O3/c1-5-6-14-11(18)9(2)15-7-10-8-16(3)13(20)17(4)12(10)19/h8-9,15H,5-7H2,1-4H3,(H,14,18). The van der Waals surface area contributed by atoms with E-state index in [4.69, 9.17) is 0 Å². The summed E-state index contributed by atoms with van der Waals surface area (Å²) in [7, 11) is 3.02. The average Bonchev–Trinajstić information content (AvgIpc) is 2.44. The summed E-state index contributed by atoms with van der Waals surface area (Å²) in [6.07, 6.45) is 2.37. The van der Waals surface area contributed by atoms with Crippen LogP contribution in [0.1, 0.15) is 25.8 Å². The maximum atomic E-state index is 11.9. The molecule has 0 aromatic carbocycles. The van der Waals surface area contributed by atoms with Crippen molar-refractivity contribution in [2.75, 3.05) is 6.54 Å². The number of hydrogen-bond acceptors (Lipinski definition) is 4. The van der Waals surface area contributed by atoms with Gasteiger partial charge in [0.1, 0.15) is 0 Å². The molecule has 1 rings (SSSR count). The smallest absolute Gasteiger partial charge is 0.330 e. The van der Waals surface area contributed by atoms with Gasteiger partial charge < -0.3 is 15.2 Å². The van der Waals surface area contributed by atoms with Crippen molar-refractivity contribution in [3.63, 3.8) is 0 Å². The molecule has 0 aliphatic heterocycles. The second-order valence-electron chi connectivity index (χ2n) is 4.81. The van der Waals surface area contributed by atoms with Crippen molar-refractivity contribution in [3.05, 3.63) is 32.6 Å². The molecule has 1 aromatic rings. The van der Waals surface area contributed by atoms with Gasteiger partial charge in [-0.25, -0.2) is 4.79 Å². The molecule has 1 heterocycles. The van der Waals surface area contributed by atoms with Crippen LogP contribution >= 0.6 is 0 Å². The van der Waals surface area contributed by atoms with E-state index in [0.29, 0.717) is 12.1 Å². The van der Waals surface area contributed by atoms with Crippen molar-refractivity contribution in [3.8, 4) is 0 Å². The van der Waals surface area contributed by atoms with Crippen LogP contribution in [0, 0.1) is 0 Å². The molecule has 20 heavy (non-hydrogen) atoms. The molecule has 112 valence electrons. The fraction of sp³-hybridized carbons (Fsp3) is 0.615. The maximum Gasteiger partial charge on any atom is 0.330 e. The molecule has 0 aliphatic carbocycles. The van der Waals surface area contributed by atoms with Crippen LogP contribution in [-0.4, -0.2) is 27.6 Å². The van der Waals surface area contributed by atoms with Gasteiger partial charge in [-0.15, -0.1) is 0 Å². The predicted octanol–water partition coefficient (Wildman–Crippen LogP) is -0.912. The number of rotatable bonds is 6. The molecule has 0 bridgehead atoms. The molecule has 0 saturated carbocycles. The summed E-state index contributed by atoms with van der Waals surface area (Å²) in [5, 5.41) is 5.76. The van der Waals surface area contributed by atoms with Crippen LogP contribution in [0.25, 0.3) is 0 Å². The first-order valence-electron chi connectivity index (χ1n) is 6.65. The van der Waals surface area contributed by atoms with Crippen LogP contribution in [0.15, 0.2) is 15.8 Å². The van der Waals surface area contributed by atoms with E-state index in [1.54, 1.807) is 14.0 Å². The van der Waals surface area contributed by atoms with E-state index in [1.165, 1.54) is 17.8 Å². The second kappa shape index (κ2) is 7.04. The fourth-order valence-electron chi connectivity index (χ4n) is 1.76. The highest BCUT2D eigenvalue weighted by molar-refractivity contribution is 5.81. The Hall–Kier alpha value is -1.89. The number of carbonyl (C=O) groups excluding carboxylic acids is 1. The minimum atomic E-state index is -0.400. The van der Waals surface area contributed by atoms with Gasteiger partial charge in [0.2, 0.25) is 5.91 Å². The highest BCUT2D eigenvalue weighted by atomic mass is 16.2. The average molecular weight is 282 g/mol. The van der Waals surface area contributed by atoms with Gasteiger partial charge in [-0.1, -0.05) is 6.92 Å². The lowest BCUT2D eigenvalue weighted by atomic mass is 10.2. The number of amides is 1. The van der Waals surface area contributed by atoms with Crippen LogP contribution in [-0.2, 0) is 25.4 Å². The number of aromatic nitrogens is 2. The number of nitrogens with one attached hydrogen (secondary N) is 2. The van der Waals surface area contributed by atoms with E-state index < -0.39 is 6.04 Å². The summed E-state index contributed by atoms with van der Waals surface area (Å²) in [5.74, 6) is -0.103. The van der Waals surface area contributed by atoms with Crippen molar-refractivity contribution < 1.29 is 4.79 Å². The van der Waals surface area contributed by atoms with Crippen molar-refractivity contribution in [2.45, 2.75) is 32.9 Å². The zero-order chi connectivity index (χ0) is 15.3. The Balaban J connectivity index is 2.74. The Bertz CT molecular complexity index is 588. The van der Waals surface area contributed by atoms with Crippen molar-refractivity contribution in [1.82, 2.24) is 19.8 Å². The van der Waals surface area contributed by atoms with Crippen LogP contribution in [0.4, 0.5) is 0 Å². The van der Waals surface area contributed by atoms with Crippen LogP contribution < -0.4 is 21.9 Å². The molecular formula is C13H22N4O3. The van der Waals surface area contributed by atoms with Crippen LogP contribution in [0.3, 0.4) is 0 Å². The SMILES string of the molecule is CCCNC(=O)C(C)NCc1cn(C)c(=O)n(C)c1=O. The summed E-state index contributed by atoms with van der Waals surface area (Å²) >= 11 is 0. The summed E-state index contributed by atoms with van der Waals surface area (Å²) < 4.78 is 2.40. The fourth-order valence-corrected chi connectivity index (χ4v) is 1.76. The summed E-state index contributed by atoms with van der Waals surface area (Å²) in [4.78, 5) is 35.1. The molecule has 1 aromatic heterocycles. The lowest BCUT2D eigenvalue weighted by Gasteiger charge is -2.14.